The second-order valence-corrected chi connectivity index (χ2v) is 9.31. The van der Waals surface area contributed by atoms with Crippen LogP contribution in [0.5, 0.6) is 0 Å². The van der Waals surface area contributed by atoms with Gasteiger partial charge in [-0.15, -0.1) is 22.0 Å². The number of nitrogens with zero attached hydrogens (tertiary/aromatic N) is 3. The van der Waals surface area contributed by atoms with Crippen LogP contribution in [0.2, 0.25) is 0 Å². The van der Waals surface area contributed by atoms with Crippen molar-refractivity contribution < 1.29 is 4.79 Å². The fraction of sp³-hybridized carbons (Fsp3) is 0.522. The zero-order valence-electron chi connectivity index (χ0n) is 17.0. The van der Waals surface area contributed by atoms with Gasteiger partial charge in [-0.1, -0.05) is 37.8 Å². The number of aromatic nitrogens is 2. The zero-order valence-corrected chi connectivity index (χ0v) is 17.8. The van der Waals surface area contributed by atoms with Crippen LogP contribution in [0.1, 0.15) is 51.4 Å². The minimum atomic E-state index is 0.0799. The molecule has 1 saturated heterocycles. The number of benzene rings is 1. The number of carbonyl (C=O) groups excluding carboxylic acids is 1. The molecule has 1 aromatic heterocycles. The topological polar surface area (TPSA) is 58.1 Å². The van der Waals surface area contributed by atoms with Crippen molar-refractivity contribution in [1.29, 1.82) is 0 Å². The van der Waals surface area contributed by atoms with E-state index in [1.54, 1.807) is 11.8 Å². The van der Waals surface area contributed by atoms with Crippen molar-refractivity contribution in [3.8, 4) is 11.3 Å². The number of hydrogen-bond acceptors (Lipinski definition) is 5. The van der Waals surface area contributed by atoms with Gasteiger partial charge in [-0.25, -0.2) is 0 Å². The summed E-state index contributed by atoms with van der Waals surface area (Å²) in [6, 6.07) is 12.0. The average molecular weight is 411 g/mol. The van der Waals surface area contributed by atoms with Crippen LogP contribution in [-0.2, 0) is 4.79 Å². The Balaban J connectivity index is 1.31. The Morgan fingerprint density at radius 2 is 1.66 bits per heavy atom. The first kappa shape index (κ1) is 20.2. The maximum Gasteiger partial charge on any atom is 0.234 e. The first-order chi connectivity index (χ1) is 14.3. The summed E-state index contributed by atoms with van der Waals surface area (Å²) in [7, 11) is 0. The van der Waals surface area contributed by atoms with Crippen molar-refractivity contribution in [2.75, 3.05) is 29.1 Å². The maximum absolute atomic E-state index is 12.2. The number of rotatable bonds is 6. The molecule has 154 valence electrons. The molecule has 2 heterocycles. The predicted molar refractivity (Wildman–Crippen MR) is 121 cm³/mol. The maximum atomic E-state index is 12.2. The second-order valence-electron chi connectivity index (χ2n) is 8.02. The molecule has 1 amide bonds. The number of carbonyl (C=O) groups is 1. The van der Waals surface area contributed by atoms with Crippen molar-refractivity contribution >= 4 is 29.2 Å². The number of nitrogens with one attached hydrogen (secondary N) is 1. The largest absolute Gasteiger partial charge is 0.355 e. The van der Waals surface area contributed by atoms with Crippen LogP contribution in [-0.4, -0.2) is 40.2 Å². The molecule has 29 heavy (non-hydrogen) atoms. The van der Waals surface area contributed by atoms with Crippen molar-refractivity contribution in [2.45, 2.75) is 56.6 Å². The quantitative estimate of drug-likeness (QED) is 0.715. The lowest BCUT2D eigenvalue weighted by molar-refractivity contribution is -0.113. The lowest BCUT2D eigenvalue weighted by Gasteiger charge is -2.20. The summed E-state index contributed by atoms with van der Waals surface area (Å²) < 4.78 is 0. The lowest BCUT2D eigenvalue weighted by Crippen LogP contribution is -2.25. The summed E-state index contributed by atoms with van der Waals surface area (Å²) in [5, 5.41) is 12.6. The molecule has 2 fully saturated rings. The third-order valence-electron chi connectivity index (χ3n) is 5.80. The van der Waals surface area contributed by atoms with Gasteiger partial charge in [0.1, 0.15) is 0 Å². The van der Waals surface area contributed by atoms with E-state index in [0.29, 0.717) is 11.0 Å². The Bertz CT molecular complexity index is 780. The van der Waals surface area contributed by atoms with Crippen molar-refractivity contribution in [3.05, 3.63) is 36.4 Å². The summed E-state index contributed by atoms with van der Waals surface area (Å²) in [5.74, 6) is 1.59. The summed E-state index contributed by atoms with van der Waals surface area (Å²) in [6.07, 6.45) is 10.2. The molecular formula is C23H30N4OS. The van der Waals surface area contributed by atoms with Gasteiger partial charge in [0.25, 0.3) is 0 Å². The van der Waals surface area contributed by atoms with E-state index in [1.807, 2.05) is 30.3 Å². The first-order valence-electron chi connectivity index (χ1n) is 10.9. The van der Waals surface area contributed by atoms with Gasteiger partial charge < -0.3 is 10.2 Å². The molecular weight excluding hydrogens is 380 g/mol. The Kier molecular flexibility index (Phi) is 7.04. The Labute approximate surface area is 177 Å². The number of thioether (sulfide) groups is 1. The normalized spacial score (nSPS) is 17.9. The Morgan fingerprint density at radius 3 is 2.31 bits per heavy atom. The average Bonchev–Trinajstić information content (AvgIpc) is 3.13. The fourth-order valence-electron chi connectivity index (χ4n) is 4.12. The van der Waals surface area contributed by atoms with Crippen LogP contribution in [0.25, 0.3) is 11.3 Å². The third-order valence-corrected chi connectivity index (χ3v) is 7.17. The van der Waals surface area contributed by atoms with Crippen LogP contribution in [0, 0.1) is 0 Å². The molecule has 2 aliphatic rings. The van der Waals surface area contributed by atoms with Crippen molar-refractivity contribution in [3.63, 3.8) is 0 Å². The molecule has 6 heteroatoms. The minimum absolute atomic E-state index is 0.0799. The predicted octanol–water partition coefficient (Wildman–Crippen LogP) is 5.14. The van der Waals surface area contributed by atoms with Gasteiger partial charge in [-0.3, -0.25) is 4.79 Å². The molecule has 2 aromatic rings. The van der Waals surface area contributed by atoms with Gasteiger partial charge in [0.15, 0.2) is 5.82 Å². The monoisotopic (exact) mass is 410 g/mol. The van der Waals surface area contributed by atoms with Crippen LogP contribution in [0.4, 0.5) is 11.5 Å². The summed E-state index contributed by atoms with van der Waals surface area (Å²) >= 11 is 1.79. The molecule has 5 nitrogen and oxygen atoms in total. The molecule has 0 bridgehead atoms. The van der Waals surface area contributed by atoms with E-state index in [1.165, 1.54) is 51.4 Å². The van der Waals surface area contributed by atoms with E-state index in [2.05, 4.69) is 26.5 Å². The number of hydrogen-bond donors (Lipinski definition) is 1. The molecule has 0 atom stereocenters. The first-order valence-corrected chi connectivity index (χ1v) is 11.9. The summed E-state index contributed by atoms with van der Waals surface area (Å²) in [6.45, 7) is 2.14. The van der Waals surface area contributed by atoms with Crippen LogP contribution < -0.4 is 10.2 Å². The summed E-state index contributed by atoms with van der Waals surface area (Å²) in [5.41, 5.74) is 2.71. The van der Waals surface area contributed by atoms with E-state index in [9.17, 15) is 4.79 Å². The molecule has 0 spiro atoms. The Hall–Kier alpha value is -2.08. The van der Waals surface area contributed by atoms with Gasteiger partial charge in [0, 0.05) is 29.6 Å². The highest BCUT2D eigenvalue weighted by Gasteiger charge is 2.17. The number of amides is 1. The van der Waals surface area contributed by atoms with Gasteiger partial charge in [-0.05, 0) is 49.9 Å². The van der Waals surface area contributed by atoms with Gasteiger partial charge in [-0.2, -0.15) is 0 Å². The minimum Gasteiger partial charge on any atom is -0.355 e. The van der Waals surface area contributed by atoms with E-state index in [0.717, 1.165) is 35.9 Å². The standard InChI is InChI=1S/C23H30N4OS/c28-23(17-29-20-7-3-4-8-20)24-19-11-9-18(10-12-19)21-13-14-22(26-25-21)27-15-5-1-2-6-16-27/h9-14,20H,1-8,15-17H2,(H,24,28). The molecule has 1 aromatic carbocycles. The highest BCUT2D eigenvalue weighted by Crippen LogP contribution is 2.29. The van der Waals surface area contributed by atoms with E-state index in [4.69, 9.17) is 0 Å². The Morgan fingerprint density at radius 1 is 0.931 bits per heavy atom. The van der Waals surface area contributed by atoms with E-state index < -0.39 is 0 Å². The second kappa shape index (κ2) is 10.1. The molecule has 1 saturated carbocycles. The van der Waals surface area contributed by atoms with Gasteiger partial charge >= 0.3 is 0 Å². The van der Waals surface area contributed by atoms with E-state index in [-0.39, 0.29) is 5.91 Å². The lowest BCUT2D eigenvalue weighted by atomic mass is 10.1. The van der Waals surface area contributed by atoms with Crippen molar-refractivity contribution in [2.24, 2.45) is 0 Å². The molecule has 1 aliphatic heterocycles. The highest BCUT2D eigenvalue weighted by atomic mass is 32.2. The van der Waals surface area contributed by atoms with Crippen LogP contribution in [0.15, 0.2) is 36.4 Å². The molecule has 0 unspecified atom stereocenters. The van der Waals surface area contributed by atoms with E-state index >= 15 is 0 Å². The SMILES string of the molecule is O=C(CSC1CCCC1)Nc1ccc(-c2ccc(N3CCCCCC3)nn2)cc1. The molecule has 1 N–H and O–H groups in total. The van der Waals surface area contributed by atoms with Gasteiger partial charge in [0.2, 0.25) is 5.91 Å². The molecule has 0 radical (unpaired) electrons. The third kappa shape index (κ3) is 5.72. The summed E-state index contributed by atoms with van der Waals surface area (Å²) in [4.78, 5) is 14.5. The highest BCUT2D eigenvalue weighted by molar-refractivity contribution is 8.00. The van der Waals surface area contributed by atoms with Crippen LogP contribution >= 0.6 is 11.8 Å². The molecule has 1 aliphatic carbocycles. The zero-order chi connectivity index (χ0) is 19.9. The van der Waals surface area contributed by atoms with Crippen molar-refractivity contribution in [1.82, 2.24) is 10.2 Å². The number of anilines is 2. The van der Waals surface area contributed by atoms with Gasteiger partial charge in [0.05, 0.1) is 11.4 Å². The smallest absolute Gasteiger partial charge is 0.234 e. The molecule has 4 rings (SSSR count). The van der Waals surface area contributed by atoms with Crippen LogP contribution in [0.3, 0.4) is 0 Å². The fourth-order valence-corrected chi connectivity index (χ4v) is 5.24.